The van der Waals surface area contributed by atoms with E-state index in [9.17, 15) is 8.42 Å². The molecule has 0 fully saturated rings. The quantitative estimate of drug-likeness (QED) is 0.245. The number of aliphatic imine (C=N–C) groups is 1. The Kier molecular flexibility index (Phi) is 11.3. The summed E-state index contributed by atoms with van der Waals surface area (Å²) in [5.74, 6) is 0.482. The zero-order chi connectivity index (χ0) is 18.2. The van der Waals surface area contributed by atoms with Gasteiger partial charge in [-0.1, -0.05) is 32.0 Å². The summed E-state index contributed by atoms with van der Waals surface area (Å²) < 4.78 is 24.7. The lowest BCUT2D eigenvalue weighted by atomic mass is 10.0. The molecular formula is C17H31IN4O2S. The molecular weight excluding hydrogens is 451 g/mol. The Hall–Kier alpha value is -0.870. The molecule has 0 atom stereocenters. The van der Waals surface area contributed by atoms with Gasteiger partial charge in [-0.25, -0.2) is 12.7 Å². The van der Waals surface area contributed by atoms with Crippen molar-refractivity contribution >= 4 is 45.6 Å². The highest BCUT2D eigenvalue weighted by Crippen LogP contribution is 2.22. The van der Waals surface area contributed by atoms with Gasteiger partial charge in [-0.15, -0.1) is 24.0 Å². The normalized spacial score (nSPS) is 12.1. The summed E-state index contributed by atoms with van der Waals surface area (Å²) in [5, 5.41) is 3.21. The molecule has 1 aromatic rings. The minimum atomic E-state index is -3.13. The van der Waals surface area contributed by atoms with Gasteiger partial charge in [0.1, 0.15) is 0 Å². The molecule has 0 heterocycles. The van der Waals surface area contributed by atoms with Crippen LogP contribution in [0.25, 0.3) is 0 Å². The lowest BCUT2D eigenvalue weighted by molar-refractivity contribution is 0.465. The SMILES string of the molecule is CCc1cccc(CC)c1NC(N)=NCCCN(C)S(=O)(=O)CC.I. The van der Waals surface area contributed by atoms with Crippen molar-refractivity contribution in [2.75, 3.05) is 31.2 Å². The monoisotopic (exact) mass is 482 g/mol. The molecule has 0 bridgehead atoms. The maximum absolute atomic E-state index is 11.7. The first-order valence-corrected chi connectivity index (χ1v) is 10.1. The summed E-state index contributed by atoms with van der Waals surface area (Å²) in [6, 6.07) is 6.22. The van der Waals surface area contributed by atoms with Crippen LogP contribution in [0, 0.1) is 0 Å². The van der Waals surface area contributed by atoms with Crippen LogP contribution in [0.3, 0.4) is 0 Å². The number of hydrogen-bond donors (Lipinski definition) is 2. The zero-order valence-electron chi connectivity index (χ0n) is 15.6. The third-order valence-electron chi connectivity index (χ3n) is 4.00. The van der Waals surface area contributed by atoms with E-state index in [0.717, 1.165) is 18.5 Å². The third-order valence-corrected chi connectivity index (χ3v) is 5.87. The largest absolute Gasteiger partial charge is 0.370 e. The molecule has 0 unspecified atom stereocenters. The van der Waals surface area contributed by atoms with Crippen LogP contribution in [0.15, 0.2) is 23.2 Å². The molecule has 0 aromatic heterocycles. The fraction of sp³-hybridized carbons (Fsp3) is 0.588. The summed E-state index contributed by atoms with van der Waals surface area (Å²) in [5.41, 5.74) is 9.44. The van der Waals surface area contributed by atoms with Crippen molar-refractivity contribution in [3.63, 3.8) is 0 Å². The van der Waals surface area contributed by atoms with Crippen molar-refractivity contribution in [1.82, 2.24) is 4.31 Å². The van der Waals surface area contributed by atoms with Gasteiger partial charge in [-0.05, 0) is 37.3 Å². The van der Waals surface area contributed by atoms with Crippen LogP contribution in [-0.4, -0.2) is 44.6 Å². The lowest BCUT2D eigenvalue weighted by Gasteiger charge is -2.16. The van der Waals surface area contributed by atoms with Gasteiger partial charge in [-0.3, -0.25) is 4.99 Å². The van der Waals surface area contributed by atoms with E-state index in [-0.39, 0.29) is 29.7 Å². The van der Waals surface area contributed by atoms with Gasteiger partial charge in [0, 0.05) is 25.8 Å². The van der Waals surface area contributed by atoms with Gasteiger partial charge in [0.2, 0.25) is 10.0 Å². The Morgan fingerprint density at radius 1 is 1.20 bits per heavy atom. The molecule has 1 aromatic carbocycles. The molecule has 0 radical (unpaired) electrons. The fourth-order valence-corrected chi connectivity index (χ4v) is 3.27. The highest BCUT2D eigenvalue weighted by atomic mass is 127. The Labute approximate surface area is 169 Å². The number of nitrogens with zero attached hydrogens (tertiary/aromatic N) is 2. The van der Waals surface area contributed by atoms with E-state index in [0.29, 0.717) is 25.5 Å². The number of benzene rings is 1. The fourth-order valence-electron chi connectivity index (χ4n) is 2.42. The molecule has 8 heteroatoms. The zero-order valence-corrected chi connectivity index (χ0v) is 18.7. The number of hydrogen-bond acceptors (Lipinski definition) is 3. The van der Waals surface area contributed by atoms with Gasteiger partial charge < -0.3 is 11.1 Å². The predicted molar refractivity (Wildman–Crippen MR) is 117 cm³/mol. The number of nitrogens with one attached hydrogen (secondary N) is 1. The smallest absolute Gasteiger partial charge is 0.213 e. The van der Waals surface area contributed by atoms with Crippen molar-refractivity contribution in [2.45, 2.75) is 40.0 Å². The molecule has 0 spiro atoms. The Balaban J connectivity index is 0.00000576. The number of anilines is 1. The van der Waals surface area contributed by atoms with E-state index in [2.05, 4.69) is 42.4 Å². The van der Waals surface area contributed by atoms with Crippen molar-refractivity contribution in [1.29, 1.82) is 0 Å². The van der Waals surface area contributed by atoms with E-state index in [1.165, 1.54) is 15.4 Å². The van der Waals surface area contributed by atoms with Crippen LogP contribution in [-0.2, 0) is 22.9 Å². The first kappa shape index (κ1) is 24.1. The third kappa shape index (κ3) is 7.49. The first-order valence-electron chi connectivity index (χ1n) is 8.47. The number of halogens is 1. The van der Waals surface area contributed by atoms with Crippen molar-refractivity contribution in [3.05, 3.63) is 29.3 Å². The van der Waals surface area contributed by atoms with Gasteiger partial charge in [0.15, 0.2) is 5.96 Å². The molecule has 0 amide bonds. The van der Waals surface area contributed by atoms with Gasteiger partial charge in [0.05, 0.1) is 5.75 Å². The number of nitrogens with two attached hydrogens (primary N) is 1. The molecule has 6 nitrogen and oxygen atoms in total. The highest BCUT2D eigenvalue weighted by molar-refractivity contribution is 14.0. The number of para-hydroxylation sites is 1. The molecule has 0 saturated heterocycles. The standard InChI is InChI=1S/C17H30N4O2S.HI/c1-5-14-10-8-11-15(6-2)16(14)20-17(18)19-12-9-13-21(4)24(22,23)7-3;/h8,10-11H,5-7,9,12-13H2,1-4H3,(H3,18,19,20);1H. The van der Waals surface area contributed by atoms with E-state index >= 15 is 0 Å². The topological polar surface area (TPSA) is 87.8 Å². The minimum absolute atomic E-state index is 0. The Bertz CT molecular complexity index is 640. The van der Waals surface area contributed by atoms with Gasteiger partial charge in [0.25, 0.3) is 0 Å². The molecule has 0 saturated carbocycles. The minimum Gasteiger partial charge on any atom is -0.370 e. The Morgan fingerprint density at radius 2 is 1.76 bits per heavy atom. The maximum atomic E-state index is 11.7. The highest BCUT2D eigenvalue weighted by Gasteiger charge is 2.13. The summed E-state index contributed by atoms with van der Waals surface area (Å²) in [6.07, 6.45) is 2.47. The first-order chi connectivity index (χ1) is 11.4. The Morgan fingerprint density at radius 3 is 2.24 bits per heavy atom. The average molecular weight is 482 g/mol. The number of rotatable bonds is 9. The number of guanidine groups is 1. The molecule has 0 aliphatic carbocycles. The second-order valence-corrected chi connectivity index (χ2v) is 7.99. The van der Waals surface area contributed by atoms with Gasteiger partial charge >= 0.3 is 0 Å². The van der Waals surface area contributed by atoms with E-state index in [4.69, 9.17) is 5.73 Å². The summed E-state index contributed by atoms with van der Waals surface area (Å²) in [7, 11) is -1.54. The average Bonchev–Trinajstić information content (AvgIpc) is 2.58. The molecule has 25 heavy (non-hydrogen) atoms. The van der Waals surface area contributed by atoms with E-state index in [1.807, 2.05) is 0 Å². The van der Waals surface area contributed by atoms with Crippen molar-refractivity contribution in [2.24, 2.45) is 10.7 Å². The molecule has 144 valence electrons. The second kappa shape index (κ2) is 11.7. The van der Waals surface area contributed by atoms with Crippen LogP contribution in [0.5, 0.6) is 0 Å². The summed E-state index contributed by atoms with van der Waals surface area (Å²) in [4.78, 5) is 4.31. The van der Waals surface area contributed by atoms with Crippen LogP contribution in [0.1, 0.15) is 38.3 Å². The van der Waals surface area contributed by atoms with Crippen molar-refractivity contribution < 1.29 is 8.42 Å². The van der Waals surface area contributed by atoms with Crippen LogP contribution < -0.4 is 11.1 Å². The molecule has 3 N–H and O–H groups in total. The van der Waals surface area contributed by atoms with Gasteiger partial charge in [-0.2, -0.15) is 0 Å². The maximum Gasteiger partial charge on any atom is 0.213 e. The van der Waals surface area contributed by atoms with Crippen LogP contribution >= 0.6 is 24.0 Å². The summed E-state index contributed by atoms with van der Waals surface area (Å²) in [6.45, 7) is 6.79. The molecule has 1 rings (SSSR count). The molecule has 0 aliphatic heterocycles. The number of aryl methyl sites for hydroxylation is 2. The van der Waals surface area contributed by atoms with E-state index in [1.54, 1.807) is 14.0 Å². The number of sulfonamides is 1. The predicted octanol–water partition coefficient (Wildman–Crippen LogP) is 2.83. The van der Waals surface area contributed by atoms with Crippen LogP contribution in [0.2, 0.25) is 0 Å². The van der Waals surface area contributed by atoms with Crippen molar-refractivity contribution in [3.8, 4) is 0 Å². The van der Waals surface area contributed by atoms with E-state index < -0.39 is 10.0 Å². The second-order valence-electron chi connectivity index (χ2n) is 5.63. The summed E-state index contributed by atoms with van der Waals surface area (Å²) >= 11 is 0. The molecule has 0 aliphatic rings. The lowest BCUT2D eigenvalue weighted by Crippen LogP contribution is -2.30. The van der Waals surface area contributed by atoms with Crippen LogP contribution in [0.4, 0.5) is 5.69 Å².